The van der Waals surface area contributed by atoms with Crippen LogP contribution in [0.25, 0.3) is 0 Å². The van der Waals surface area contributed by atoms with Gasteiger partial charge in [-0.3, -0.25) is 4.79 Å². The summed E-state index contributed by atoms with van der Waals surface area (Å²) in [4.78, 5) is 14.1. The number of fused-ring (bicyclic) bond motifs is 8. The number of hydrogen-bond donors (Lipinski definition) is 3. The highest BCUT2D eigenvalue weighted by atomic mass is 127. The zero-order valence-corrected chi connectivity index (χ0v) is 35.0. The molecule has 7 aliphatic heterocycles. The molecule has 19 atom stereocenters. The van der Waals surface area contributed by atoms with Crippen LogP contribution in [0.3, 0.4) is 0 Å². The number of carbonyl (C=O) groups is 1. The normalized spacial score (nSPS) is 49.8. The zero-order chi connectivity index (χ0) is 38.5. The van der Waals surface area contributed by atoms with Gasteiger partial charge in [0.2, 0.25) is 0 Å². The number of hydrogen-bond acceptors (Lipinski definition) is 11. The maximum Gasteiger partial charge on any atom is 0.135 e. The van der Waals surface area contributed by atoms with Gasteiger partial charge in [-0.25, -0.2) is 0 Å². The van der Waals surface area contributed by atoms with Gasteiger partial charge in [0.25, 0.3) is 0 Å². The fourth-order valence-electron chi connectivity index (χ4n) is 10.8. The van der Waals surface area contributed by atoms with E-state index in [2.05, 4.69) is 56.5 Å². The van der Waals surface area contributed by atoms with Crippen molar-refractivity contribution in [1.29, 1.82) is 0 Å². The number of alkyl halides is 1. The van der Waals surface area contributed by atoms with Gasteiger partial charge in [0, 0.05) is 57.6 Å². The standard InChI is InChI=1S/C42H66INO10/c1-21-13-27-7-9-32-22(2)14-29(49-32)11-12-42(5)19-31(47)24(4)38-37(43)41(54-42)40-33(53-38)10-8-28(51-40)15-25(45)16-30-35(18-34(50-27)23(21)3)52-36(39(30)48-6)17-26(46)20-44/h21,24,26-41,46-47H,2-3,7-20,44H2,1,4-6H3/t21-,24?,26?,27+,28?,29?,30?,31?,32+,33?,34-,35?,36-,37?,38+,39-,40+,41?,42+/m1/s1. The minimum atomic E-state index is -0.734. The summed E-state index contributed by atoms with van der Waals surface area (Å²) in [7, 11) is 1.66. The van der Waals surface area contributed by atoms with Crippen molar-refractivity contribution < 1.29 is 48.2 Å². The Bertz CT molecular complexity index is 1350. The molecular weight excluding hydrogens is 805 g/mol. The number of halogens is 1. The van der Waals surface area contributed by atoms with Crippen LogP contribution in [-0.2, 0) is 38.0 Å². The number of rotatable bonds is 4. The molecule has 7 aliphatic rings. The van der Waals surface area contributed by atoms with Gasteiger partial charge in [0.15, 0.2) is 0 Å². The molecule has 9 bridgehead atoms. The summed E-state index contributed by atoms with van der Waals surface area (Å²) in [6, 6.07) is 0. The van der Waals surface area contributed by atoms with E-state index in [4.69, 9.17) is 38.9 Å². The van der Waals surface area contributed by atoms with Gasteiger partial charge in [-0.15, -0.1) is 0 Å². The number of ketones is 1. The van der Waals surface area contributed by atoms with Gasteiger partial charge < -0.3 is 49.1 Å². The predicted octanol–water partition coefficient (Wildman–Crippen LogP) is 5.13. The summed E-state index contributed by atoms with van der Waals surface area (Å²) in [6.07, 6.45) is 4.63. The number of ether oxygens (including phenoxy) is 7. The summed E-state index contributed by atoms with van der Waals surface area (Å²) in [5, 5.41) is 22.1. The van der Waals surface area contributed by atoms with Gasteiger partial charge in [-0.05, 0) is 75.4 Å². The number of methoxy groups -OCH3 is 1. The van der Waals surface area contributed by atoms with Crippen LogP contribution in [0.5, 0.6) is 0 Å². The largest absolute Gasteiger partial charge is 0.393 e. The molecule has 0 aromatic rings. The lowest BCUT2D eigenvalue weighted by molar-refractivity contribution is -0.276. The molecule has 306 valence electrons. The summed E-state index contributed by atoms with van der Waals surface area (Å²) in [5.74, 6) is 0.0856. The third-order valence-corrected chi connectivity index (χ3v) is 15.5. The molecule has 54 heavy (non-hydrogen) atoms. The summed E-state index contributed by atoms with van der Waals surface area (Å²) in [5.41, 5.74) is 7.42. The van der Waals surface area contributed by atoms with Gasteiger partial charge in [-0.1, -0.05) is 49.6 Å². The van der Waals surface area contributed by atoms with Crippen molar-refractivity contribution in [3.05, 3.63) is 24.3 Å². The maximum atomic E-state index is 14.1. The molecule has 0 saturated carbocycles. The third kappa shape index (κ3) is 8.89. The van der Waals surface area contributed by atoms with Crippen LogP contribution in [0.4, 0.5) is 0 Å². The highest BCUT2D eigenvalue weighted by Gasteiger charge is 2.55. The first-order valence-corrected chi connectivity index (χ1v) is 22.1. The van der Waals surface area contributed by atoms with E-state index >= 15 is 0 Å². The lowest BCUT2D eigenvalue weighted by Gasteiger charge is -2.54. The lowest BCUT2D eigenvalue weighted by Crippen LogP contribution is -2.65. The maximum absolute atomic E-state index is 14.1. The Balaban J connectivity index is 1.17. The first-order chi connectivity index (χ1) is 25.7. The molecule has 0 aliphatic carbocycles. The molecule has 7 heterocycles. The second kappa shape index (κ2) is 17.4. The first kappa shape index (κ1) is 41.6. The van der Waals surface area contributed by atoms with E-state index in [0.717, 1.165) is 56.1 Å². The second-order valence-electron chi connectivity index (χ2n) is 18.1. The van der Waals surface area contributed by atoms with Crippen molar-refractivity contribution in [3.8, 4) is 0 Å². The Morgan fingerprint density at radius 2 is 1.65 bits per heavy atom. The molecule has 0 spiro atoms. The average Bonchev–Trinajstić information content (AvgIpc) is 3.65. The molecule has 10 unspecified atom stereocenters. The van der Waals surface area contributed by atoms with Crippen molar-refractivity contribution in [2.24, 2.45) is 23.5 Å². The Morgan fingerprint density at radius 3 is 2.41 bits per heavy atom. The molecule has 7 saturated heterocycles. The number of nitrogens with two attached hydrogens (primary N) is 1. The smallest absolute Gasteiger partial charge is 0.135 e. The van der Waals surface area contributed by atoms with Crippen LogP contribution >= 0.6 is 22.6 Å². The Labute approximate surface area is 335 Å². The van der Waals surface area contributed by atoms with E-state index in [1.165, 1.54) is 0 Å². The van der Waals surface area contributed by atoms with Crippen LogP contribution in [0.2, 0.25) is 0 Å². The van der Waals surface area contributed by atoms with Gasteiger partial charge in [-0.2, -0.15) is 0 Å². The summed E-state index contributed by atoms with van der Waals surface area (Å²) < 4.78 is 46.9. The summed E-state index contributed by atoms with van der Waals surface area (Å²) in [6.45, 7) is 15.5. The highest BCUT2D eigenvalue weighted by Crippen LogP contribution is 2.47. The second-order valence-corrected chi connectivity index (χ2v) is 19.6. The SMILES string of the molecule is C=C1CC2CC[C@@]3(C)CC(O)C(C)[C@@H]4OC5CCC(CC(=O)CC6C(C[C@H]7O[C@@H](CC[C@@H]1O2)C[C@@H](C)C7=C)O[C@H](CC(O)CN)[C@@H]6OC)O[C@@H]5C(O3)C4I. The molecule has 7 fully saturated rings. The zero-order valence-electron chi connectivity index (χ0n) is 32.8. The van der Waals surface area contributed by atoms with Crippen molar-refractivity contribution in [1.82, 2.24) is 0 Å². The van der Waals surface area contributed by atoms with Crippen LogP contribution in [0.15, 0.2) is 24.3 Å². The molecular formula is C42H66INO10. The third-order valence-electron chi connectivity index (χ3n) is 14.1. The van der Waals surface area contributed by atoms with E-state index in [1.807, 2.05) is 0 Å². The van der Waals surface area contributed by atoms with E-state index in [9.17, 15) is 15.0 Å². The fourth-order valence-corrected chi connectivity index (χ4v) is 12.2. The predicted molar refractivity (Wildman–Crippen MR) is 211 cm³/mol. The minimum Gasteiger partial charge on any atom is -0.393 e. The van der Waals surface area contributed by atoms with E-state index in [0.29, 0.717) is 25.7 Å². The van der Waals surface area contributed by atoms with Crippen molar-refractivity contribution in [3.63, 3.8) is 0 Å². The summed E-state index contributed by atoms with van der Waals surface area (Å²) >= 11 is 2.45. The van der Waals surface area contributed by atoms with Crippen LogP contribution in [-0.4, -0.2) is 125 Å². The molecule has 0 radical (unpaired) electrons. The first-order valence-electron chi connectivity index (χ1n) is 20.8. The molecule has 0 amide bonds. The molecule has 11 nitrogen and oxygen atoms in total. The van der Waals surface area contributed by atoms with E-state index < -0.39 is 23.9 Å². The molecule has 12 heteroatoms. The van der Waals surface area contributed by atoms with Gasteiger partial charge in [0.1, 0.15) is 18.0 Å². The van der Waals surface area contributed by atoms with E-state index in [-0.39, 0.29) is 114 Å². The highest BCUT2D eigenvalue weighted by molar-refractivity contribution is 14.1. The Morgan fingerprint density at radius 1 is 0.907 bits per heavy atom. The number of Topliss-reactive ketones (excluding diaryl/α,β-unsaturated/α-hetero) is 1. The molecule has 4 N–H and O–H groups in total. The van der Waals surface area contributed by atoms with Crippen molar-refractivity contribution in [2.75, 3.05) is 13.7 Å². The van der Waals surface area contributed by atoms with Crippen LogP contribution in [0, 0.1) is 17.8 Å². The Hall–Kier alpha value is -0.520. The Kier molecular flexibility index (Phi) is 13.4. The minimum absolute atomic E-state index is 0.0268. The molecule has 0 aromatic carbocycles. The van der Waals surface area contributed by atoms with Gasteiger partial charge in [0.05, 0.1) is 82.8 Å². The monoisotopic (exact) mass is 871 g/mol. The van der Waals surface area contributed by atoms with Crippen LogP contribution < -0.4 is 5.73 Å². The number of aliphatic hydroxyl groups excluding tert-OH is 2. The average molecular weight is 872 g/mol. The quantitative estimate of drug-likeness (QED) is 0.196. The lowest BCUT2D eigenvalue weighted by atomic mass is 9.78. The molecule has 7 rings (SSSR count). The van der Waals surface area contributed by atoms with Gasteiger partial charge >= 0.3 is 0 Å². The topological polar surface area (TPSA) is 148 Å². The van der Waals surface area contributed by atoms with Crippen molar-refractivity contribution in [2.45, 2.75) is 199 Å². The van der Waals surface area contributed by atoms with E-state index in [1.54, 1.807) is 7.11 Å². The number of carbonyl (C=O) groups excluding carboxylic acids is 1. The van der Waals surface area contributed by atoms with Crippen molar-refractivity contribution >= 4 is 28.4 Å². The van der Waals surface area contributed by atoms with Crippen LogP contribution in [0.1, 0.15) is 104 Å². The molecule has 0 aromatic heterocycles. The number of aliphatic hydroxyl groups is 2. The fraction of sp³-hybridized carbons (Fsp3) is 0.881.